The van der Waals surface area contributed by atoms with Gasteiger partial charge in [-0.05, 0) is 19.1 Å². The Morgan fingerprint density at radius 3 is 2.85 bits per heavy atom. The van der Waals surface area contributed by atoms with Crippen molar-refractivity contribution in [2.75, 3.05) is 37.0 Å². The summed E-state index contributed by atoms with van der Waals surface area (Å²) >= 11 is 0. The average Bonchev–Trinajstić information content (AvgIpc) is 2.64. The highest BCUT2D eigenvalue weighted by molar-refractivity contribution is 6.04. The maximum Gasteiger partial charge on any atom is 0.260 e. The zero-order valence-corrected chi connectivity index (χ0v) is 11.9. The third kappa shape index (κ3) is 2.46. The van der Waals surface area contributed by atoms with Crippen LogP contribution in [0.5, 0.6) is 0 Å². The van der Waals surface area contributed by atoms with Gasteiger partial charge in [0.2, 0.25) is 5.91 Å². The number of hydrogen-bond acceptors (Lipinski definition) is 4. The lowest BCUT2D eigenvalue weighted by atomic mass is 10.1. The lowest BCUT2D eigenvalue weighted by molar-refractivity contribution is -0.125. The first-order chi connectivity index (χ1) is 9.45. The molecule has 2 amide bonds. The van der Waals surface area contributed by atoms with Crippen LogP contribution in [-0.2, 0) is 9.59 Å². The van der Waals surface area contributed by atoms with Crippen LogP contribution in [0.15, 0.2) is 18.2 Å². The Balaban J connectivity index is 2.20. The Bertz CT molecular complexity index is 544. The van der Waals surface area contributed by atoms with Crippen molar-refractivity contribution in [3.63, 3.8) is 0 Å². The van der Waals surface area contributed by atoms with Crippen molar-refractivity contribution < 1.29 is 14.7 Å². The van der Waals surface area contributed by atoms with Crippen LogP contribution in [0, 0.1) is 0 Å². The number of nitrogens with one attached hydrogen (secondary N) is 1. The molecule has 0 aromatic heterocycles. The second-order valence-corrected chi connectivity index (χ2v) is 4.85. The molecule has 0 saturated heterocycles. The van der Waals surface area contributed by atoms with Gasteiger partial charge in [-0.2, -0.15) is 0 Å². The van der Waals surface area contributed by atoms with E-state index in [-0.39, 0.29) is 18.4 Å². The molecule has 1 atom stereocenters. The van der Waals surface area contributed by atoms with Gasteiger partial charge in [0, 0.05) is 31.9 Å². The topological polar surface area (TPSA) is 72.9 Å². The molecule has 0 radical (unpaired) electrons. The molecule has 6 nitrogen and oxygen atoms in total. The Hall–Kier alpha value is -2.08. The molecule has 0 bridgehead atoms. The number of aliphatic hydroxyl groups excluding tert-OH is 1. The van der Waals surface area contributed by atoms with Crippen molar-refractivity contribution in [3.8, 4) is 0 Å². The number of carbonyl (C=O) groups is 2. The number of likely N-dealkylation sites (N-methyl/N-ethyl adjacent to an activating group) is 3. The second-order valence-electron chi connectivity index (χ2n) is 4.85. The minimum Gasteiger partial charge on any atom is -0.378 e. The predicted octanol–water partition coefficient (Wildman–Crippen LogP) is 0.269. The summed E-state index contributed by atoms with van der Waals surface area (Å²) in [6.45, 7) is 2.71. The number of aliphatic hydroxyl groups is 1. The van der Waals surface area contributed by atoms with E-state index in [2.05, 4.69) is 5.32 Å². The van der Waals surface area contributed by atoms with Crippen LogP contribution in [0.2, 0.25) is 0 Å². The van der Waals surface area contributed by atoms with E-state index in [0.29, 0.717) is 17.8 Å². The summed E-state index contributed by atoms with van der Waals surface area (Å²) in [5.74, 6) is -0.386. The van der Waals surface area contributed by atoms with E-state index in [9.17, 15) is 14.7 Å². The number of carbonyl (C=O) groups excluding carboxylic acids is 2. The highest BCUT2D eigenvalue weighted by atomic mass is 16.3. The van der Waals surface area contributed by atoms with Gasteiger partial charge in [0.05, 0.1) is 12.2 Å². The van der Waals surface area contributed by atoms with Gasteiger partial charge in [-0.25, -0.2) is 0 Å². The predicted molar refractivity (Wildman–Crippen MR) is 76.8 cm³/mol. The summed E-state index contributed by atoms with van der Waals surface area (Å²) in [5, 5.41) is 12.5. The molecule has 0 spiro atoms. The molecule has 1 aliphatic rings. The first kappa shape index (κ1) is 14.3. The van der Waals surface area contributed by atoms with Gasteiger partial charge in [0.15, 0.2) is 6.10 Å². The molecule has 0 fully saturated rings. The fourth-order valence-corrected chi connectivity index (χ4v) is 2.29. The molecule has 1 unspecified atom stereocenters. The number of anilines is 2. The second kappa shape index (κ2) is 5.50. The number of rotatable bonds is 4. The Labute approximate surface area is 118 Å². The quantitative estimate of drug-likeness (QED) is 0.828. The molecule has 1 aromatic carbocycles. The molecule has 1 heterocycles. The fraction of sp³-hybridized carbons (Fsp3) is 0.429. The summed E-state index contributed by atoms with van der Waals surface area (Å²) in [4.78, 5) is 26.5. The van der Waals surface area contributed by atoms with Crippen LogP contribution in [0.4, 0.5) is 11.4 Å². The van der Waals surface area contributed by atoms with Crippen molar-refractivity contribution >= 4 is 23.2 Å². The van der Waals surface area contributed by atoms with Crippen LogP contribution < -0.4 is 15.1 Å². The van der Waals surface area contributed by atoms with Crippen molar-refractivity contribution in [3.05, 3.63) is 23.8 Å². The number of fused-ring (bicyclic) bond motifs is 1. The Kier molecular flexibility index (Phi) is 3.94. The highest BCUT2D eigenvalue weighted by Crippen LogP contribution is 2.37. The number of hydrogen-bond donors (Lipinski definition) is 2. The van der Waals surface area contributed by atoms with Crippen molar-refractivity contribution in [1.29, 1.82) is 0 Å². The Morgan fingerprint density at radius 1 is 1.50 bits per heavy atom. The van der Waals surface area contributed by atoms with Crippen molar-refractivity contribution in [1.82, 2.24) is 5.32 Å². The molecular formula is C14H19N3O3. The van der Waals surface area contributed by atoms with Gasteiger partial charge in [-0.3, -0.25) is 9.59 Å². The number of amides is 2. The number of benzene rings is 1. The van der Waals surface area contributed by atoms with Gasteiger partial charge in [-0.1, -0.05) is 6.07 Å². The van der Waals surface area contributed by atoms with Crippen molar-refractivity contribution in [2.24, 2.45) is 0 Å². The minimum atomic E-state index is -1.09. The first-order valence-electron chi connectivity index (χ1n) is 6.53. The van der Waals surface area contributed by atoms with E-state index in [1.165, 1.54) is 4.90 Å². The zero-order valence-electron chi connectivity index (χ0n) is 11.9. The van der Waals surface area contributed by atoms with E-state index in [4.69, 9.17) is 0 Å². The van der Waals surface area contributed by atoms with Gasteiger partial charge in [-0.15, -0.1) is 0 Å². The van der Waals surface area contributed by atoms with Crippen LogP contribution in [-0.4, -0.2) is 44.1 Å². The largest absolute Gasteiger partial charge is 0.378 e. The maximum atomic E-state index is 11.7. The molecule has 20 heavy (non-hydrogen) atoms. The minimum absolute atomic E-state index is 0.0556. The van der Waals surface area contributed by atoms with E-state index in [0.717, 1.165) is 5.69 Å². The standard InChI is InChI=1S/C14H19N3O3/c1-4-15-12(18)8-16(2)9-5-6-10-11(7-9)17(3)14(20)13(10)19/h5-7,13,19H,4,8H2,1-3H3,(H,15,18). The molecular weight excluding hydrogens is 258 g/mol. The smallest absolute Gasteiger partial charge is 0.260 e. The lowest BCUT2D eigenvalue weighted by Gasteiger charge is -2.20. The van der Waals surface area contributed by atoms with Gasteiger partial charge < -0.3 is 20.2 Å². The van der Waals surface area contributed by atoms with E-state index >= 15 is 0 Å². The van der Waals surface area contributed by atoms with Crippen LogP contribution in [0.3, 0.4) is 0 Å². The molecule has 2 N–H and O–H groups in total. The molecule has 1 aromatic rings. The molecule has 0 saturated carbocycles. The molecule has 6 heteroatoms. The number of nitrogens with zero attached hydrogens (tertiary/aromatic N) is 2. The summed E-state index contributed by atoms with van der Waals surface area (Å²) in [6, 6.07) is 5.33. The van der Waals surface area contributed by atoms with Crippen LogP contribution in [0.25, 0.3) is 0 Å². The highest BCUT2D eigenvalue weighted by Gasteiger charge is 2.33. The maximum absolute atomic E-state index is 11.7. The van der Waals surface area contributed by atoms with E-state index < -0.39 is 6.10 Å². The van der Waals surface area contributed by atoms with Gasteiger partial charge in [0.1, 0.15) is 0 Å². The zero-order chi connectivity index (χ0) is 14.9. The average molecular weight is 277 g/mol. The summed E-state index contributed by atoms with van der Waals surface area (Å²) in [6.07, 6.45) is -1.09. The SMILES string of the molecule is CCNC(=O)CN(C)c1ccc2c(c1)N(C)C(=O)C2O. The lowest BCUT2D eigenvalue weighted by Crippen LogP contribution is -2.35. The third-order valence-electron chi connectivity index (χ3n) is 3.43. The van der Waals surface area contributed by atoms with Gasteiger partial charge in [0.25, 0.3) is 5.91 Å². The first-order valence-corrected chi connectivity index (χ1v) is 6.53. The van der Waals surface area contributed by atoms with Gasteiger partial charge >= 0.3 is 0 Å². The fourth-order valence-electron chi connectivity index (χ4n) is 2.29. The normalized spacial score (nSPS) is 17.1. The van der Waals surface area contributed by atoms with Crippen LogP contribution >= 0.6 is 0 Å². The molecule has 0 aliphatic carbocycles. The summed E-state index contributed by atoms with van der Waals surface area (Å²) in [5.41, 5.74) is 2.11. The Morgan fingerprint density at radius 2 is 2.20 bits per heavy atom. The monoisotopic (exact) mass is 277 g/mol. The van der Waals surface area contributed by atoms with Crippen molar-refractivity contribution in [2.45, 2.75) is 13.0 Å². The summed E-state index contributed by atoms with van der Waals surface area (Å²) in [7, 11) is 3.44. The van der Waals surface area contributed by atoms with E-state index in [1.54, 1.807) is 24.1 Å². The molecule has 1 aliphatic heterocycles. The summed E-state index contributed by atoms with van der Waals surface area (Å²) < 4.78 is 0. The van der Waals surface area contributed by atoms with Crippen LogP contribution in [0.1, 0.15) is 18.6 Å². The molecule has 108 valence electrons. The van der Waals surface area contributed by atoms with E-state index in [1.807, 2.05) is 20.0 Å². The molecule has 2 rings (SSSR count). The third-order valence-corrected chi connectivity index (χ3v) is 3.43.